The molecule has 3 aromatic heterocycles. The Balaban J connectivity index is 1.60. The monoisotopic (exact) mass is 439 g/mol. The number of aliphatic carboxylic acids is 1. The predicted molar refractivity (Wildman–Crippen MR) is 118 cm³/mol. The Morgan fingerprint density at radius 2 is 2.00 bits per heavy atom. The predicted octanol–water partition coefficient (Wildman–Crippen LogP) is 4.15. The zero-order valence-electron chi connectivity index (χ0n) is 17.7. The van der Waals surface area contributed by atoms with Gasteiger partial charge in [0.05, 0.1) is 22.7 Å². The second kappa shape index (κ2) is 7.97. The molecule has 2 unspecified atom stereocenters. The van der Waals surface area contributed by atoms with Gasteiger partial charge in [0.25, 0.3) is 0 Å². The summed E-state index contributed by atoms with van der Waals surface area (Å²) in [5, 5.41) is 24.6. The van der Waals surface area contributed by atoms with Crippen molar-refractivity contribution in [1.29, 1.82) is 0 Å². The first-order chi connectivity index (χ1) is 14.7. The maximum Gasteiger partial charge on any atom is 0.307 e. The van der Waals surface area contributed by atoms with Gasteiger partial charge >= 0.3 is 5.97 Å². The lowest BCUT2D eigenvalue weighted by atomic mass is 9.63. The van der Waals surface area contributed by atoms with Gasteiger partial charge in [-0.05, 0) is 49.3 Å². The van der Waals surface area contributed by atoms with Crippen LogP contribution in [-0.2, 0) is 10.4 Å². The van der Waals surface area contributed by atoms with Gasteiger partial charge in [-0.2, -0.15) is 0 Å². The summed E-state index contributed by atoms with van der Waals surface area (Å²) in [5.41, 5.74) is 0.105. The molecule has 1 aliphatic rings. The minimum absolute atomic E-state index is 0.352. The molecule has 1 saturated carbocycles. The van der Waals surface area contributed by atoms with Gasteiger partial charge in [0, 0.05) is 18.6 Å². The molecule has 0 bridgehead atoms. The molecule has 0 saturated heterocycles. The highest BCUT2D eigenvalue weighted by molar-refractivity contribution is 7.15. The Labute approximate surface area is 184 Å². The second-order valence-electron chi connectivity index (χ2n) is 8.79. The van der Waals surface area contributed by atoms with Crippen LogP contribution < -0.4 is 5.32 Å². The van der Waals surface area contributed by atoms with Crippen LogP contribution in [0.5, 0.6) is 0 Å². The van der Waals surface area contributed by atoms with E-state index in [0.29, 0.717) is 35.9 Å². The van der Waals surface area contributed by atoms with E-state index >= 15 is 0 Å². The van der Waals surface area contributed by atoms with Crippen LogP contribution in [0.4, 0.5) is 11.6 Å². The number of aryl methyl sites for hydroxylation is 1. The number of nitrogens with one attached hydrogen (secondary N) is 1. The van der Waals surface area contributed by atoms with Crippen molar-refractivity contribution >= 4 is 28.9 Å². The molecule has 1 fully saturated rings. The molecule has 3 aromatic rings. The molecule has 0 amide bonds. The number of carboxylic acids is 1. The zero-order valence-corrected chi connectivity index (χ0v) is 18.5. The first-order valence-electron chi connectivity index (χ1n) is 10.1. The van der Waals surface area contributed by atoms with Crippen molar-refractivity contribution in [3.8, 4) is 10.6 Å². The summed E-state index contributed by atoms with van der Waals surface area (Å²) in [6, 6.07) is 3.89. The molecule has 8 nitrogen and oxygen atoms in total. The number of aliphatic hydroxyl groups is 1. The van der Waals surface area contributed by atoms with Crippen LogP contribution in [0.3, 0.4) is 0 Å². The topological polar surface area (TPSA) is 121 Å². The van der Waals surface area contributed by atoms with Crippen LogP contribution in [0.25, 0.3) is 10.6 Å². The van der Waals surface area contributed by atoms with Gasteiger partial charge in [-0.25, -0.2) is 15.0 Å². The maximum atomic E-state index is 11.6. The summed E-state index contributed by atoms with van der Waals surface area (Å²) in [4.78, 5) is 29.9. The van der Waals surface area contributed by atoms with E-state index in [0.717, 1.165) is 16.1 Å². The minimum Gasteiger partial charge on any atom is -0.481 e. The van der Waals surface area contributed by atoms with Crippen molar-refractivity contribution in [2.75, 3.05) is 5.32 Å². The van der Waals surface area contributed by atoms with E-state index in [2.05, 4.69) is 25.3 Å². The van der Waals surface area contributed by atoms with Crippen LogP contribution in [0.1, 0.15) is 43.7 Å². The quantitative estimate of drug-likeness (QED) is 0.542. The van der Waals surface area contributed by atoms with Crippen molar-refractivity contribution in [1.82, 2.24) is 19.9 Å². The smallest absolute Gasteiger partial charge is 0.307 e. The Hall–Kier alpha value is -2.91. The first-order valence-corrected chi connectivity index (χ1v) is 10.9. The fraction of sp³-hybridized carbons (Fsp3) is 0.409. The Morgan fingerprint density at radius 1 is 1.19 bits per heavy atom. The second-order valence-corrected chi connectivity index (χ2v) is 9.82. The van der Waals surface area contributed by atoms with Crippen LogP contribution in [-0.4, -0.2) is 36.1 Å². The fourth-order valence-corrected chi connectivity index (χ4v) is 5.33. The van der Waals surface area contributed by atoms with E-state index in [4.69, 9.17) is 0 Å². The van der Waals surface area contributed by atoms with Crippen molar-refractivity contribution in [3.05, 3.63) is 47.5 Å². The lowest BCUT2D eigenvalue weighted by Gasteiger charge is -2.44. The third-order valence-corrected chi connectivity index (χ3v) is 6.99. The number of aromatic nitrogens is 4. The molecule has 0 spiro atoms. The van der Waals surface area contributed by atoms with Crippen molar-refractivity contribution < 1.29 is 15.0 Å². The number of anilines is 2. The van der Waals surface area contributed by atoms with E-state index in [1.165, 1.54) is 11.3 Å². The molecular formula is C22H25N5O3S. The average molecular weight is 440 g/mol. The average Bonchev–Trinajstić information content (AvgIpc) is 3.18. The molecule has 1 aliphatic carbocycles. The Kier molecular flexibility index (Phi) is 5.49. The SMILES string of the molecule is Cc1cc(Nc2cnccn2)nc(-c2cnc(C3(O)CCC(C(=O)O)C(C)(C)C3)s2)c1. The normalized spacial score (nSPS) is 22.8. The summed E-state index contributed by atoms with van der Waals surface area (Å²) in [6.45, 7) is 5.78. The van der Waals surface area contributed by atoms with E-state index in [1.807, 2.05) is 32.9 Å². The molecule has 9 heteroatoms. The summed E-state index contributed by atoms with van der Waals surface area (Å²) in [7, 11) is 0. The molecule has 3 heterocycles. The largest absolute Gasteiger partial charge is 0.481 e. The van der Waals surface area contributed by atoms with Gasteiger partial charge in [0.15, 0.2) is 0 Å². The van der Waals surface area contributed by atoms with Crippen molar-refractivity contribution in [2.24, 2.45) is 11.3 Å². The third kappa shape index (κ3) is 4.42. The van der Waals surface area contributed by atoms with E-state index in [9.17, 15) is 15.0 Å². The highest BCUT2D eigenvalue weighted by atomic mass is 32.1. The summed E-state index contributed by atoms with van der Waals surface area (Å²) < 4.78 is 0. The molecule has 162 valence electrons. The van der Waals surface area contributed by atoms with Crippen LogP contribution in [0.15, 0.2) is 36.9 Å². The van der Waals surface area contributed by atoms with Gasteiger partial charge in [0.1, 0.15) is 22.2 Å². The number of rotatable bonds is 5. The molecular weight excluding hydrogens is 414 g/mol. The minimum atomic E-state index is -1.14. The summed E-state index contributed by atoms with van der Waals surface area (Å²) in [5.74, 6) is -0.0325. The zero-order chi connectivity index (χ0) is 22.2. The number of nitrogens with zero attached hydrogens (tertiary/aromatic N) is 4. The lowest BCUT2D eigenvalue weighted by molar-refractivity contribution is -0.154. The molecule has 2 atom stereocenters. The van der Waals surface area contributed by atoms with Gasteiger partial charge in [-0.15, -0.1) is 11.3 Å². The van der Waals surface area contributed by atoms with Crippen molar-refractivity contribution in [2.45, 2.75) is 45.6 Å². The third-order valence-electron chi connectivity index (χ3n) is 5.78. The van der Waals surface area contributed by atoms with Crippen molar-refractivity contribution in [3.63, 3.8) is 0 Å². The molecule has 0 aromatic carbocycles. The van der Waals surface area contributed by atoms with Crippen LogP contribution in [0.2, 0.25) is 0 Å². The van der Waals surface area contributed by atoms with E-state index in [-0.39, 0.29) is 0 Å². The number of carboxylic acid groups (broad SMARTS) is 1. The number of hydrogen-bond donors (Lipinski definition) is 3. The Bertz CT molecular complexity index is 1100. The molecule has 0 radical (unpaired) electrons. The fourth-order valence-electron chi connectivity index (χ4n) is 4.34. The summed E-state index contributed by atoms with van der Waals surface area (Å²) in [6.07, 6.45) is 7.71. The van der Waals surface area contributed by atoms with E-state index < -0.39 is 22.9 Å². The molecule has 4 rings (SSSR count). The van der Waals surface area contributed by atoms with Gasteiger partial charge in [-0.3, -0.25) is 9.78 Å². The molecule has 31 heavy (non-hydrogen) atoms. The number of pyridine rings is 1. The van der Waals surface area contributed by atoms with Gasteiger partial charge in [-0.1, -0.05) is 13.8 Å². The number of thiazole rings is 1. The Morgan fingerprint density at radius 3 is 2.68 bits per heavy atom. The lowest BCUT2D eigenvalue weighted by Crippen LogP contribution is -2.44. The highest BCUT2D eigenvalue weighted by Crippen LogP contribution is 2.50. The maximum absolute atomic E-state index is 11.6. The number of hydrogen-bond acceptors (Lipinski definition) is 8. The van der Waals surface area contributed by atoms with Gasteiger partial charge in [0.2, 0.25) is 0 Å². The first kappa shape index (κ1) is 21.3. The van der Waals surface area contributed by atoms with Crippen LogP contribution >= 0.6 is 11.3 Å². The molecule has 0 aliphatic heterocycles. The summed E-state index contributed by atoms with van der Waals surface area (Å²) >= 11 is 1.40. The number of carbonyl (C=O) groups is 1. The van der Waals surface area contributed by atoms with E-state index in [1.54, 1.807) is 24.8 Å². The standard InChI is InChI=1S/C22H25N5O3S/c1-13-8-15(26-17(9-13)27-18-11-23-6-7-24-18)16-10-25-20(31-16)22(30)5-4-14(19(28)29)21(2,3)12-22/h6-11,14,30H,4-5,12H2,1-3H3,(H,28,29)(H,24,26,27). The van der Waals surface area contributed by atoms with Crippen LogP contribution in [0, 0.1) is 18.3 Å². The molecule has 3 N–H and O–H groups in total. The van der Waals surface area contributed by atoms with Gasteiger partial charge < -0.3 is 15.5 Å². The highest BCUT2D eigenvalue weighted by Gasteiger charge is 2.49.